The van der Waals surface area contributed by atoms with E-state index in [1.807, 2.05) is 48.5 Å². The SMILES string of the molecule is O=C(CNc1ccc(NC(=O)C2CC2)cc1)NCc1ccc(-c2ccc(Cl)cc2)o1. The minimum atomic E-state index is -0.148. The molecule has 0 aliphatic heterocycles. The molecule has 1 heterocycles. The Labute approximate surface area is 179 Å². The maximum atomic E-state index is 12.1. The number of benzene rings is 2. The Morgan fingerprint density at radius 3 is 2.33 bits per heavy atom. The molecule has 0 bridgehead atoms. The zero-order chi connectivity index (χ0) is 20.9. The van der Waals surface area contributed by atoms with E-state index in [0.717, 1.165) is 35.5 Å². The fourth-order valence-corrected chi connectivity index (χ4v) is 3.06. The number of furan rings is 1. The zero-order valence-corrected chi connectivity index (χ0v) is 17.0. The van der Waals surface area contributed by atoms with Gasteiger partial charge in [-0.2, -0.15) is 0 Å². The highest BCUT2D eigenvalue weighted by atomic mass is 35.5. The molecular weight excluding hydrogens is 402 g/mol. The van der Waals surface area contributed by atoms with Gasteiger partial charge in [-0.3, -0.25) is 9.59 Å². The molecule has 2 aromatic carbocycles. The minimum absolute atomic E-state index is 0.0761. The molecular formula is C23H22ClN3O3. The first-order chi connectivity index (χ1) is 14.6. The van der Waals surface area contributed by atoms with E-state index in [-0.39, 0.29) is 24.3 Å². The lowest BCUT2D eigenvalue weighted by Crippen LogP contribution is -2.29. The van der Waals surface area contributed by atoms with Gasteiger partial charge in [0.05, 0.1) is 13.1 Å². The number of nitrogens with one attached hydrogen (secondary N) is 3. The lowest BCUT2D eigenvalue weighted by molar-refractivity contribution is -0.119. The molecule has 0 spiro atoms. The van der Waals surface area contributed by atoms with Gasteiger partial charge in [-0.1, -0.05) is 11.6 Å². The van der Waals surface area contributed by atoms with Gasteiger partial charge < -0.3 is 20.4 Å². The van der Waals surface area contributed by atoms with Gasteiger partial charge in [0, 0.05) is 27.9 Å². The van der Waals surface area contributed by atoms with E-state index in [0.29, 0.717) is 17.3 Å². The third kappa shape index (κ3) is 5.42. The average molecular weight is 424 g/mol. The molecule has 0 radical (unpaired) electrons. The zero-order valence-electron chi connectivity index (χ0n) is 16.3. The van der Waals surface area contributed by atoms with Gasteiger partial charge in [0.15, 0.2) is 0 Å². The van der Waals surface area contributed by atoms with Crippen LogP contribution in [0.4, 0.5) is 11.4 Å². The minimum Gasteiger partial charge on any atom is -0.459 e. The van der Waals surface area contributed by atoms with E-state index in [2.05, 4.69) is 16.0 Å². The van der Waals surface area contributed by atoms with Crippen LogP contribution in [-0.2, 0) is 16.1 Å². The van der Waals surface area contributed by atoms with Crippen LogP contribution in [0.2, 0.25) is 5.02 Å². The fraction of sp³-hybridized carbons (Fsp3) is 0.217. The van der Waals surface area contributed by atoms with E-state index in [1.165, 1.54) is 0 Å². The normalized spacial score (nSPS) is 13.0. The molecule has 0 saturated heterocycles. The van der Waals surface area contributed by atoms with Crippen LogP contribution in [0.5, 0.6) is 0 Å². The van der Waals surface area contributed by atoms with E-state index >= 15 is 0 Å². The molecule has 30 heavy (non-hydrogen) atoms. The number of carbonyl (C=O) groups is 2. The standard InChI is InChI=1S/C23H22ClN3O3/c24-17-5-3-15(4-6-17)21-12-11-20(30-21)13-26-22(28)14-25-18-7-9-19(10-8-18)27-23(29)16-1-2-16/h3-12,16,25H,1-2,13-14H2,(H,26,28)(H,27,29). The van der Waals surface area contributed by atoms with Gasteiger partial charge in [0.2, 0.25) is 11.8 Å². The fourth-order valence-electron chi connectivity index (χ4n) is 2.93. The first kappa shape index (κ1) is 20.0. The number of hydrogen-bond acceptors (Lipinski definition) is 4. The number of amides is 2. The molecule has 3 aromatic rings. The van der Waals surface area contributed by atoms with Crippen molar-refractivity contribution in [2.24, 2.45) is 5.92 Å². The highest BCUT2D eigenvalue weighted by molar-refractivity contribution is 6.30. The number of anilines is 2. The van der Waals surface area contributed by atoms with Crippen molar-refractivity contribution in [1.82, 2.24) is 5.32 Å². The Hall–Kier alpha value is -3.25. The van der Waals surface area contributed by atoms with Gasteiger partial charge in [0.25, 0.3) is 0 Å². The number of halogens is 1. The third-order valence-corrected chi connectivity index (χ3v) is 5.06. The van der Waals surface area contributed by atoms with E-state index in [1.54, 1.807) is 12.1 Å². The van der Waals surface area contributed by atoms with Gasteiger partial charge >= 0.3 is 0 Å². The lowest BCUT2D eigenvalue weighted by Gasteiger charge is -2.09. The van der Waals surface area contributed by atoms with E-state index in [9.17, 15) is 9.59 Å². The first-order valence-corrected chi connectivity index (χ1v) is 10.2. The number of carbonyl (C=O) groups excluding carboxylic acids is 2. The molecule has 1 saturated carbocycles. The number of rotatable bonds is 8. The van der Waals surface area contributed by atoms with Gasteiger partial charge in [-0.15, -0.1) is 0 Å². The predicted octanol–water partition coefficient (Wildman–Crippen LogP) is 4.68. The second-order valence-corrected chi connectivity index (χ2v) is 7.68. The average Bonchev–Trinajstić information content (AvgIpc) is 3.51. The summed E-state index contributed by atoms with van der Waals surface area (Å²) in [6.07, 6.45) is 1.95. The van der Waals surface area contributed by atoms with Gasteiger partial charge in [-0.25, -0.2) is 0 Å². The van der Waals surface area contributed by atoms with Crippen molar-refractivity contribution in [2.75, 3.05) is 17.2 Å². The molecule has 1 aliphatic carbocycles. The van der Waals surface area contributed by atoms with Crippen molar-refractivity contribution in [3.05, 3.63) is 71.4 Å². The maximum Gasteiger partial charge on any atom is 0.239 e. The van der Waals surface area contributed by atoms with Crippen LogP contribution in [0.1, 0.15) is 18.6 Å². The lowest BCUT2D eigenvalue weighted by atomic mass is 10.2. The molecule has 0 atom stereocenters. The van der Waals surface area contributed by atoms with Crippen LogP contribution in [0.25, 0.3) is 11.3 Å². The monoisotopic (exact) mass is 423 g/mol. The molecule has 1 aliphatic rings. The van der Waals surface area contributed by atoms with Crippen molar-refractivity contribution in [3.63, 3.8) is 0 Å². The van der Waals surface area contributed by atoms with Crippen molar-refractivity contribution in [3.8, 4) is 11.3 Å². The van der Waals surface area contributed by atoms with Crippen LogP contribution < -0.4 is 16.0 Å². The summed E-state index contributed by atoms with van der Waals surface area (Å²) in [6.45, 7) is 0.443. The van der Waals surface area contributed by atoms with Crippen molar-refractivity contribution in [1.29, 1.82) is 0 Å². The summed E-state index contributed by atoms with van der Waals surface area (Å²) in [5.74, 6) is 1.49. The van der Waals surface area contributed by atoms with Crippen LogP contribution in [0.3, 0.4) is 0 Å². The van der Waals surface area contributed by atoms with Gasteiger partial charge in [0.1, 0.15) is 11.5 Å². The largest absolute Gasteiger partial charge is 0.459 e. The maximum absolute atomic E-state index is 12.1. The van der Waals surface area contributed by atoms with Crippen LogP contribution in [-0.4, -0.2) is 18.4 Å². The smallest absolute Gasteiger partial charge is 0.239 e. The van der Waals surface area contributed by atoms with Crippen molar-refractivity contribution < 1.29 is 14.0 Å². The molecule has 154 valence electrons. The Morgan fingerprint density at radius 2 is 1.63 bits per heavy atom. The van der Waals surface area contributed by atoms with E-state index < -0.39 is 0 Å². The molecule has 1 fully saturated rings. The quantitative estimate of drug-likeness (QED) is 0.491. The van der Waals surface area contributed by atoms with Crippen LogP contribution in [0.15, 0.2) is 65.1 Å². The highest BCUT2D eigenvalue weighted by Gasteiger charge is 2.29. The summed E-state index contributed by atoms with van der Waals surface area (Å²) in [7, 11) is 0. The second kappa shape index (κ2) is 9.05. The summed E-state index contributed by atoms with van der Waals surface area (Å²) in [4.78, 5) is 23.9. The summed E-state index contributed by atoms with van der Waals surface area (Å²) >= 11 is 5.90. The first-order valence-electron chi connectivity index (χ1n) is 9.83. The Morgan fingerprint density at radius 1 is 0.933 bits per heavy atom. The molecule has 2 amide bonds. The molecule has 1 aromatic heterocycles. The third-order valence-electron chi connectivity index (χ3n) is 4.80. The van der Waals surface area contributed by atoms with Crippen molar-refractivity contribution in [2.45, 2.75) is 19.4 Å². The second-order valence-electron chi connectivity index (χ2n) is 7.24. The molecule has 0 unspecified atom stereocenters. The Bertz CT molecular complexity index is 1020. The molecule has 4 rings (SSSR count). The summed E-state index contributed by atoms with van der Waals surface area (Å²) in [5, 5.41) is 9.45. The summed E-state index contributed by atoms with van der Waals surface area (Å²) in [6, 6.07) is 18.4. The Kier molecular flexibility index (Phi) is 6.05. The highest BCUT2D eigenvalue weighted by Crippen LogP contribution is 2.30. The molecule has 6 nitrogen and oxygen atoms in total. The van der Waals surface area contributed by atoms with Crippen LogP contribution >= 0.6 is 11.6 Å². The molecule has 3 N–H and O–H groups in total. The van der Waals surface area contributed by atoms with Crippen molar-refractivity contribution >= 4 is 34.8 Å². The van der Waals surface area contributed by atoms with Crippen LogP contribution in [0, 0.1) is 5.92 Å². The predicted molar refractivity (Wildman–Crippen MR) is 117 cm³/mol. The van der Waals surface area contributed by atoms with Gasteiger partial charge in [-0.05, 0) is 73.5 Å². The van der Waals surface area contributed by atoms with E-state index in [4.69, 9.17) is 16.0 Å². The summed E-state index contributed by atoms with van der Waals surface area (Å²) < 4.78 is 5.78. The molecule has 7 heteroatoms. The Balaban J connectivity index is 1.21. The topological polar surface area (TPSA) is 83.4 Å². The summed E-state index contributed by atoms with van der Waals surface area (Å²) in [5.41, 5.74) is 2.49. The number of hydrogen-bond donors (Lipinski definition) is 3.